The van der Waals surface area contributed by atoms with Crippen LogP contribution < -0.4 is 14.8 Å². The van der Waals surface area contributed by atoms with E-state index < -0.39 is 28.0 Å². The summed E-state index contributed by atoms with van der Waals surface area (Å²) in [6.07, 6.45) is 0.794. The fourth-order valence-electron chi connectivity index (χ4n) is 5.37. The normalized spacial score (nSPS) is 12.9. The van der Waals surface area contributed by atoms with Gasteiger partial charge >= 0.3 is 0 Å². The molecule has 0 saturated heterocycles. The standard InChI is InChI=1S/C26H29NO7S.C13H18O3.H2/c1-18(28)22(24(32-2)15-16-34-20-10-5-4-6-11-20)17-25(29)27-23-14-13-19-9-7-8-12-21(19)26(23)35(30,31)33-3;1-11(14)10-13(15-2)8-9-16-12-6-4-3-5-7-12;/h4-14,22,24H,15-17H2,1-3H3,(H,27,29);3-7,13H,8-10H2,1-2H3;1H. The van der Waals surface area contributed by atoms with Crippen LogP contribution in [0.25, 0.3) is 10.8 Å². The average Bonchev–Trinajstić information content (AvgIpc) is 3.13. The van der Waals surface area contributed by atoms with Gasteiger partial charge in [0.1, 0.15) is 28.0 Å². The van der Waals surface area contributed by atoms with Crippen molar-refractivity contribution in [3.63, 3.8) is 0 Å². The number of para-hydroxylation sites is 2. The minimum absolute atomic E-state index is 0. The molecule has 0 bridgehead atoms. The van der Waals surface area contributed by atoms with E-state index >= 15 is 0 Å². The summed E-state index contributed by atoms with van der Waals surface area (Å²) in [5.74, 6) is 0.228. The molecule has 11 nitrogen and oxygen atoms in total. The Morgan fingerprint density at radius 2 is 1.27 bits per heavy atom. The minimum atomic E-state index is -4.13. The Morgan fingerprint density at radius 3 is 1.80 bits per heavy atom. The molecule has 0 aromatic heterocycles. The number of rotatable bonds is 19. The topological polar surface area (TPSA) is 144 Å². The average molecular weight is 724 g/mol. The number of hydrogen-bond donors (Lipinski definition) is 1. The van der Waals surface area contributed by atoms with Crippen LogP contribution in [0.5, 0.6) is 11.5 Å². The van der Waals surface area contributed by atoms with Gasteiger partial charge in [0.05, 0.1) is 44.1 Å². The fraction of sp³-hybridized carbons (Fsp3) is 0.359. The Balaban J connectivity index is 0.000000463. The Kier molecular flexibility index (Phi) is 16.7. The van der Waals surface area contributed by atoms with E-state index in [4.69, 9.17) is 23.1 Å². The Bertz CT molecular complexity index is 1810. The van der Waals surface area contributed by atoms with Gasteiger partial charge in [-0.15, -0.1) is 0 Å². The van der Waals surface area contributed by atoms with E-state index in [0.717, 1.165) is 19.3 Å². The molecule has 1 N–H and O–H groups in total. The van der Waals surface area contributed by atoms with Crippen molar-refractivity contribution < 1.29 is 47.4 Å². The van der Waals surface area contributed by atoms with Crippen LogP contribution in [0.4, 0.5) is 5.69 Å². The Hall–Kier alpha value is -4.62. The first-order valence-electron chi connectivity index (χ1n) is 16.5. The van der Waals surface area contributed by atoms with E-state index in [1.165, 1.54) is 20.1 Å². The Morgan fingerprint density at radius 1 is 0.706 bits per heavy atom. The number of ether oxygens (including phenoxy) is 4. The minimum Gasteiger partial charge on any atom is -0.493 e. The predicted octanol–water partition coefficient (Wildman–Crippen LogP) is 6.89. The van der Waals surface area contributed by atoms with Gasteiger partial charge in [-0.25, -0.2) is 0 Å². The molecule has 3 atom stereocenters. The highest BCUT2D eigenvalue weighted by Gasteiger charge is 2.30. The molecular formula is C39H49NO10S. The lowest BCUT2D eigenvalue weighted by Gasteiger charge is -2.24. The van der Waals surface area contributed by atoms with Crippen molar-refractivity contribution in [2.24, 2.45) is 5.92 Å². The zero-order chi connectivity index (χ0) is 37.2. The van der Waals surface area contributed by atoms with Crippen LogP contribution >= 0.6 is 0 Å². The third kappa shape index (κ3) is 13.2. The van der Waals surface area contributed by atoms with Gasteiger partial charge in [-0.1, -0.05) is 66.7 Å². The third-order valence-electron chi connectivity index (χ3n) is 8.02. The highest BCUT2D eigenvalue weighted by molar-refractivity contribution is 7.87. The van der Waals surface area contributed by atoms with Crippen LogP contribution in [-0.2, 0) is 38.2 Å². The van der Waals surface area contributed by atoms with Crippen LogP contribution in [0.3, 0.4) is 0 Å². The monoisotopic (exact) mass is 723 g/mol. The first-order valence-corrected chi connectivity index (χ1v) is 17.9. The van der Waals surface area contributed by atoms with E-state index in [1.54, 1.807) is 44.4 Å². The number of benzene rings is 4. The number of ketones is 2. The number of carbonyl (C=O) groups excluding carboxylic acids is 3. The molecule has 0 aliphatic rings. The maximum atomic E-state index is 13.0. The van der Waals surface area contributed by atoms with Gasteiger partial charge in [-0.3, -0.25) is 18.6 Å². The number of methoxy groups -OCH3 is 2. The molecule has 0 spiro atoms. The van der Waals surface area contributed by atoms with Crippen LogP contribution in [-0.4, -0.2) is 72.6 Å². The summed E-state index contributed by atoms with van der Waals surface area (Å²) in [6, 6.07) is 29.0. The molecule has 4 aromatic rings. The van der Waals surface area contributed by atoms with Gasteiger partial charge in [-0.05, 0) is 49.6 Å². The molecule has 3 unspecified atom stereocenters. The van der Waals surface area contributed by atoms with E-state index in [1.807, 2.05) is 60.7 Å². The smallest absolute Gasteiger partial charge is 0.299 e. The summed E-state index contributed by atoms with van der Waals surface area (Å²) in [5.41, 5.74) is 0.0826. The fourth-order valence-corrected chi connectivity index (χ4v) is 6.38. The number of hydrogen-bond acceptors (Lipinski definition) is 10. The third-order valence-corrected chi connectivity index (χ3v) is 9.40. The molecule has 4 aromatic carbocycles. The molecule has 0 radical (unpaired) electrons. The maximum absolute atomic E-state index is 13.0. The summed E-state index contributed by atoms with van der Waals surface area (Å²) >= 11 is 0. The SMILES string of the molecule is COC(CCOc1ccccc1)C(CC(=O)Nc1ccc2ccccc2c1S(=O)(=O)OC)C(C)=O.COC(CCOc1ccccc1)CC(C)=O.[HH]. The van der Waals surface area contributed by atoms with Gasteiger partial charge in [0.15, 0.2) is 0 Å². The van der Waals surface area contributed by atoms with Gasteiger partial charge in [0.2, 0.25) is 5.91 Å². The van der Waals surface area contributed by atoms with Gasteiger partial charge in [0, 0.05) is 46.7 Å². The van der Waals surface area contributed by atoms with Crippen molar-refractivity contribution in [3.05, 3.63) is 97.1 Å². The molecule has 0 heterocycles. The largest absolute Gasteiger partial charge is 0.493 e. The molecule has 0 saturated carbocycles. The first-order chi connectivity index (χ1) is 24.5. The lowest BCUT2D eigenvalue weighted by Crippen LogP contribution is -2.33. The van der Waals surface area contributed by atoms with Crippen molar-refractivity contribution >= 4 is 44.1 Å². The van der Waals surface area contributed by atoms with E-state index in [2.05, 4.69) is 5.32 Å². The van der Waals surface area contributed by atoms with Crippen LogP contribution in [0.1, 0.15) is 41.0 Å². The zero-order valence-corrected chi connectivity index (χ0v) is 30.5. The number of nitrogens with one attached hydrogen (secondary N) is 1. The highest BCUT2D eigenvalue weighted by atomic mass is 32.2. The van der Waals surface area contributed by atoms with Crippen molar-refractivity contribution in [1.82, 2.24) is 0 Å². The molecule has 0 aliphatic heterocycles. The summed E-state index contributed by atoms with van der Waals surface area (Å²) in [6.45, 7) is 3.84. The zero-order valence-electron chi connectivity index (χ0n) is 29.7. The summed E-state index contributed by atoms with van der Waals surface area (Å²) in [4.78, 5) is 36.1. The Labute approximate surface area is 301 Å². The van der Waals surface area contributed by atoms with Crippen LogP contribution in [0, 0.1) is 5.92 Å². The molecular weight excluding hydrogens is 674 g/mol. The quantitative estimate of drug-likeness (QED) is 0.102. The van der Waals surface area contributed by atoms with E-state index in [9.17, 15) is 22.8 Å². The lowest BCUT2D eigenvalue weighted by atomic mass is 9.92. The summed E-state index contributed by atoms with van der Waals surface area (Å²) < 4.78 is 52.0. The summed E-state index contributed by atoms with van der Waals surface area (Å²) in [7, 11) is 0.0375. The molecule has 1 amide bonds. The second kappa shape index (κ2) is 20.9. The lowest BCUT2D eigenvalue weighted by molar-refractivity contribution is -0.130. The molecule has 4 rings (SSSR count). The van der Waals surface area contributed by atoms with Crippen LogP contribution in [0.15, 0.2) is 102 Å². The number of anilines is 1. The highest BCUT2D eigenvalue weighted by Crippen LogP contribution is 2.32. The number of amides is 1. The van der Waals surface area contributed by atoms with Gasteiger partial charge < -0.3 is 24.3 Å². The molecule has 276 valence electrons. The van der Waals surface area contributed by atoms with Crippen molar-refractivity contribution in [2.75, 3.05) is 39.9 Å². The van der Waals surface area contributed by atoms with Gasteiger partial charge in [-0.2, -0.15) is 8.42 Å². The first kappa shape index (κ1) is 40.8. The maximum Gasteiger partial charge on any atom is 0.299 e. The number of carbonyl (C=O) groups is 3. The van der Waals surface area contributed by atoms with E-state index in [-0.39, 0.29) is 36.1 Å². The second-order valence-electron chi connectivity index (χ2n) is 11.7. The number of Topliss-reactive ketones (excluding diaryl/α,β-unsaturated/α-hetero) is 2. The number of fused-ring (bicyclic) bond motifs is 1. The van der Waals surface area contributed by atoms with Crippen molar-refractivity contribution in [1.29, 1.82) is 0 Å². The molecule has 12 heteroatoms. The van der Waals surface area contributed by atoms with Crippen LogP contribution in [0.2, 0.25) is 0 Å². The predicted molar refractivity (Wildman–Crippen MR) is 198 cm³/mol. The second-order valence-corrected chi connectivity index (χ2v) is 13.3. The molecule has 0 fully saturated rings. The van der Waals surface area contributed by atoms with Gasteiger partial charge in [0.25, 0.3) is 10.1 Å². The van der Waals surface area contributed by atoms with E-state index in [0.29, 0.717) is 42.6 Å². The molecule has 51 heavy (non-hydrogen) atoms. The molecule has 0 aliphatic carbocycles. The van der Waals surface area contributed by atoms with Crippen molar-refractivity contribution in [2.45, 2.75) is 56.6 Å². The summed E-state index contributed by atoms with van der Waals surface area (Å²) in [5, 5.41) is 3.75. The van der Waals surface area contributed by atoms with Crippen molar-refractivity contribution in [3.8, 4) is 11.5 Å².